The molecule has 0 spiro atoms. The summed E-state index contributed by atoms with van der Waals surface area (Å²) in [5.41, 5.74) is 0.532. The third-order valence-electron chi connectivity index (χ3n) is 2.38. The molecular weight excluding hydrogens is 216 g/mol. The van der Waals surface area contributed by atoms with E-state index in [0.29, 0.717) is 17.1 Å². The van der Waals surface area contributed by atoms with Crippen molar-refractivity contribution < 1.29 is 9.53 Å². The minimum absolute atomic E-state index is 0.286. The average molecular weight is 230 g/mol. The minimum Gasteiger partial charge on any atom is -0.453 e. The minimum atomic E-state index is 0.286. The molecule has 0 amide bonds. The van der Waals surface area contributed by atoms with Crippen LogP contribution in [0.5, 0.6) is 11.5 Å². The average Bonchev–Trinajstić information content (AvgIpc) is 2.78. The molecule has 1 aromatic heterocycles. The van der Waals surface area contributed by atoms with Crippen LogP contribution in [0.25, 0.3) is 0 Å². The molecule has 0 bridgehead atoms. The number of para-hydroxylation sites is 1. The van der Waals surface area contributed by atoms with E-state index < -0.39 is 0 Å². The fourth-order valence-electron chi connectivity index (χ4n) is 1.45. The van der Waals surface area contributed by atoms with Gasteiger partial charge in [-0.2, -0.15) is 5.10 Å². The van der Waals surface area contributed by atoms with Crippen molar-refractivity contribution in [3.8, 4) is 11.5 Å². The van der Waals surface area contributed by atoms with Gasteiger partial charge in [0.1, 0.15) is 5.75 Å². The molecule has 0 aliphatic carbocycles. The monoisotopic (exact) mass is 230 g/mol. The van der Waals surface area contributed by atoms with Gasteiger partial charge in [0.25, 0.3) is 0 Å². The van der Waals surface area contributed by atoms with Crippen LogP contribution in [0.4, 0.5) is 0 Å². The SMILES string of the molecule is CC(C)n1cc(Oc2ccccc2C=O)cn1. The molecule has 0 N–H and O–H groups in total. The second-order valence-electron chi connectivity index (χ2n) is 4.01. The van der Waals surface area contributed by atoms with Gasteiger partial charge in [-0.1, -0.05) is 12.1 Å². The summed E-state index contributed by atoms with van der Waals surface area (Å²) in [4.78, 5) is 10.8. The summed E-state index contributed by atoms with van der Waals surface area (Å²) in [6, 6.07) is 7.39. The van der Waals surface area contributed by atoms with E-state index in [4.69, 9.17) is 4.74 Å². The molecule has 2 aromatic rings. The largest absolute Gasteiger partial charge is 0.453 e. The van der Waals surface area contributed by atoms with Gasteiger partial charge in [-0.15, -0.1) is 0 Å². The maximum Gasteiger partial charge on any atom is 0.165 e. The zero-order chi connectivity index (χ0) is 12.3. The van der Waals surface area contributed by atoms with E-state index in [2.05, 4.69) is 5.10 Å². The number of aldehydes is 1. The normalized spacial score (nSPS) is 10.5. The molecule has 4 heteroatoms. The van der Waals surface area contributed by atoms with Crippen molar-refractivity contribution in [2.75, 3.05) is 0 Å². The van der Waals surface area contributed by atoms with Crippen molar-refractivity contribution in [3.05, 3.63) is 42.2 Å². The Morgan fingerprint density at radius 3 is 2.76 bits per heavy atom. The lowest BCUT2D eigenvalue weighted by Gasteiger charge is -2.05. The number of benzene rings is 1. The van der Waals surface area contributed by atoms with Crippen LogP contribution in [0, 0.1) is 0 Å². The highest BCUT2D eigenvalue weighted by atomic mass is 16.5. The number of hydrogen-bond donors (Lipinski definition) is 0. The van der Waals surface area contributed by atoms with Crippen LogP contribution in [-0.4, -0.2) is 16.1 Å². The Labute approximate surface area is 99.8 Å². The molecule has 17 heavy (non-hydrogen) atoms. The van der Waals surface area contributed by atoms with Crippen molar-refractivity contribution in [2.45, 2.75) is 19.9 Å². The molecule has 0 fully saturated rings. The Hall–Kier alpha value is -2.10. The van der Waals surface area contributed by atoms with Gasteiger partial charge >= 0.3 is 0 Å². The van der Waals surface area contributed by atoms with Crippen LogP contribution in [0.2, 0.25) is 0 Å². The molecule has 0 aliphatic rings. The zero-order valence-corrected chi connectivity index (χ0v) is 9.83. The van der Waals surface area contributed by atoms with Crippen molar-refractivity contribution in [1.29, 1.82) is 0 Å². The Kier molecular flexibility index (Phi) is 3.23. The fourth-order valence-corrected chi connectivity index (χ4v) is 1.45. The maximum atomic E-state index is 10.8. The summed E-state index contributed by atoms with van der Waals surface area (Å²) in [5, 5.41) is 4.17. The van der Waals surface area contributed by atoms with Crippen LogP contribution < -0.4 is 4.74 Å². The van der Waals surface area contributed by atoms with E-state index in [9.17, 15) is 4.79 Å². The number of rotatable bonds is 4. The number of ether oxygens (including phenoxy) is 1. The highest BCUT2D eigenvalue weighted by Gasteiger charge is 2.06. The molecule has 2 rings (SSSR count). The Balaban J connectivity index is 2.22. The van der Waals surface area contributed by atoms with Crippen LogP contribution >= 0.6 is 0 Å². The van der Waals surface area contributed by atoms with E-state index in [1.54, 1.807) is 29.1 Å². The third kappa shape index (κ3) is 2.53. The smallest absolute Gasteiger partial charge is 0.165 e. The van der Waals surface area contributed by atoms with E-state index in [1.165, 1.54) is 0 Å². The molecule has 1 heterocycles. The van der Waals surface area contributed by atoms with Crippen LogP contribution in [0.3, 0.4) is 0 Å². The van der Waals surface area contributed by atoms with E-state index in [1.807, 2.05) is 26.1 Å². The number of carbonyl (C=O) groups excluding carboxylic acids is 1. The second-order valence-corrected chi connectivity index (χ2v) is 4.01. The van der Waals surface area contributed by atoms with E-state index in [0.717, 1.165) is 6.29 Å². The Morgan fingerprint density at radius 2 is 2.12 bits per heavy atom. The molecular formula is C13H14N2O2. The fraction of sp³-hybridized carbons (Fsp3) is 0.231. The Bertz CT molecular complexity index is 518. The predicted octanol–water partition coefficient (Wildman–Crippen LogP) is 3.07. The van der Waals surface area contributed by atoms with Crippen molar-refractivity contribution >= 4 is 6.29 Å². The first-order valence-corrected chi connectivity index (χ1v) is 5.47. The van der Waals surface area contributed by atoms with Gasteiger partial charge in [0, 0.05) is 6.04 Å². The second kappa shape index (κ2) is 4.82. The summed E-state index contributed by atoms with van der Waals surface area (Å²) in [6.07, 6.45) is 4.23. The maximum absolute atomic E-state index is 10.8. The topological polar surface area (TPSA) is 44.1 Å². The van der Waals surface area contributed by atoms with Gasteiger partial charge in [-0.05, 0) is 26.0 Å². The molecule has 0 radical (unpaired) electrons. The molecule has 0 saturated carbocycles. The number of aromatic nitrogens is 2. The van der Waals surface area contributed by atoms with Crippen LogP contribution in [0.15, 0.2) is 36.7 Å². The van der Waals surface area contributed by atoms with Crippen molar-refractivity contribution in [1.82, 2.24) is 9.78 Å². The zero-order valence-electron chi connectivity index (χ0n) is 9.83. The third-order valence-corrected chi connectivity index (χ3v) is 2.38. The molecule has 0 saturated heterocycles. The van der Waals surface area contributed by atoms with Crippen LogP contribution in [-0.2, 0) is 0 Å². The highest BCUT2D eigenvalue weighted by Crippen LogP contribution is 2.24. The molecule has 0 aliphatic heterocycles. The first kappa shape index (κ1) is 11.4. The molecule has 88 valence electrons. The van der Waals surface area contributed by atoms with Gasteiger partial charge in [-0.25, -0.2) is 0 Å². The first-order valence-electron chi connectivity index (χ1n) is 5.47. The van der Waals surface area contributed by atoms with Gasteiger partial charge < -0.3 is 4.74 Å². The molecule has 0 atom stereocenters. The summed E-state index contributed by atoms with van der Waals surface area (Å²) < 4.78 is 7.42. The number of nitrogens with zero attached hydrogens (tertiary/aromatic N) is 2. The highest BCUT2D eigenvalue weighted by molar-refractivity contribution is 5.79. The summed E-state index contributed by atoms with van der Waals surface area (Å²) in [6.45, 7) is 4.08. The van der Waals surface area contributed by atoms with Crippen molar-refractivity contribution in [2.24, 2.45) is 0 Å². The number of carbonyl (C=O) groups is 1. The van der Waals surface area contributed by atoms with Gasteiger partial charge in [-0.3, -0.25) is 9.48 Å². The van der Waals surface area contributed by atoms with E-state index in [-0.39, 0.29) is 6.04 Å². The van der Waals surface area contributed by atoms with Crippen LogP contribution in [0.1, 0.15) is 30.2 Å². The lowest BCUT2D eigenvalue weighted by molar-refractivity contribution is 0.112. The van der Waals surface area contributed by atoms with Crippen molar-refractivity contribution in [3.63, 3.8) is 0 Å². The first-order chi connectivity index (χ1) is 8.20. The molecule has 0 unspecified atom stereocenters. The lowest BCUT2D eigenvalue weighted by Crippen LogP contribution is -1.99. The lowest BCUT2D eigenvalue weighted by atomic mass is 10.2. The standard InChI is InChI=1S/C13H14N2O2/c1-10(2)15-8-12(7-14-15)17-13-6-4-3-5-11(13)9-16/h3-10H,1-2H3. The quantitative estimate of drug-likeness (QED) is 0.758. The summed E-state index contributed by atoms with van der Waals surface area (Å²) in [7, 11) is 0. The van der Waals surface area contributed by atoms with Gasteiger partial charge in [0.05, 0.1) is 18.0 Å². The number of hydrogen-bond acceptors (Lipinski definition) is 3. The van der Waals surface area contributed by atoms with Gasteiger partial charge in [0.2, 0.25) is 0 Å². The van der Waals surface area contributed by atoms with E-state index >= 15 is 0 Å². The summed E-state index contributed by atoms with van der Waals surface area (Å²) in [5.74, 6) is 1.18. The Morgan fingerprint density at radius 1 is 1.35 bits per heavy atom. The molecule has 1 aromatic carbocycles. The molecule has 4 nitrogen and oxygen atoms in total. The summed E-state index contributed by atoms with van der Waals surface area (Å²) >= 11 is 0. The van der Waals surface area contributed by atoms with Gasteiger partial charge in [0.15, 0.2) is 12.0 Å². The predicted molar refractivity (Wildman–Crippen MR) is 64.5 cm³/mol.